The van der Waals surface area contributed by atoms with Gasteiger partial charge in [0.2, 0.25) is 0 Å². The monoisotopic (exact) mass is 459 g/mol. The normalized spacial score (nSPS) is 34.2. The second-order valence-electron chi connectivity index (χ2n) is 10.9. The zero-order valence-corrected chi connectivity index (χ0v) is 19.9. The molecule has 1 N–H and O–H groups in total. The van der Waals surface area contributed by atoms with Crippen LogP contribution in [0.2, 0.25) is 0 Å². The SMILES string of the molecule is C[C@]12CCC3=C4CCC(OC(=O)c5ccccc5)C=C4CCC3C1CC[C@]2(CC#N)CC(=O)O. The highest BCUT2D eigenvalue weighted by Crippen LogP contribution is 2.68. The lowest BCUT2D eigenvalue weighted by Gasteiger charge is -2.53. The van der Waals surface area contributed by atoms with Gasteiger partial charge in [0, 0.05) is 6.42 Å². The molecule has 3 unspecified atom stereocenters. The summed E-state index contributed by atoms with van der Waals surface area (Å²) in [6.45, 7) is 2.28. The van der Waals surface area contributed by atoms with Crippen molar-refractivity contribution in [1.29, 1.82) is 5.26 Å². The van der Waals surface area contributed by atoms with E-state index in [0.717, 1.165) is 51.4 Å². The van der Waals surface area contributed by atoms with Gasteiger partial charge in [0.1, 0.15) is 6.10 Å². The maximum absolute atomic E-state index is 12.5. The van der Waals surface area contributed by atoms with E-state index in [2.05, 4.69) is 19.1 Å². The number of benzene rings is 1. The summed E-state index contributed by atoms with van der Waals surface area (Å²) in [7, 11) is 0. The summed E-state index contributed by atoms with van der Waals surface area (Å²) in [6.07, 6.45) is 10.1. The molecular formula is C29H33NO4. The molecule has 2 fully saturated rings. The first-order valence-corrected chi connectivity index (χ1v) is 12.6. The molecule has 4 aliphatic rings. The molecule has 5 nitrogen and oxygen atoms in total. The fraction of sp³-hybridized carbons (Fsp3) is 0.552. The molecule has 178 valence electrons. The van der Waals surface area contributed by atoms with E-state index in [4.69, 9.17) is 4.74 Å². The number of aliphatic carboxylic acids is 1. The van der Waals surface area contributed by atoms with Crippen LogP contribution in [0.15, 0.2) is 53.1 Å². The number of carbonyl (C=O) groups is 2. The highest BCUT2D eigenvalue weighted by atomic mass is 16.5. The molecule has 1 aromatic carbocycles. The van der Waals surface area contributed by atoms with Gasteiger partial charge in [-0.3, -0.25) is 4.79 Å². The first-order chi connectivity index (χ1) is 16.4. The standard InChI is InChI=1S/C29H33NO4/c1-28-13-11-23-22-10-8-21(34-27(33)19-5-3-2-4-6-19)17-20(22)7-9-24(23)25(28)12-14-29(28,15-16-30)18-26(31)32/h2-6,17,21,24-25H,7-15,18H2,1H3,(H,31,32)/t21?,24?,25?,28-,29-/m0/s1. The van der Waals surface area contributed by atoms with E-state index >= 15 is 0 Å². The first kappa shape index (κ1) is 22.9. The van der Waals surface area contributed by atoms with E-state index in [1.807, 2.05) is 18.2 Å². The molecule has 0 heterocycles. The number of hydrogen-bond donors (Lipinski definition) is 1. The van der Waals surface area contributed by atoms with Gasteiger partial charge in [0.15, 0.2) is 0 Å². The number of nitrogens with zero attached hydrogens (tertiary/aromatic N) is 1. The van der Waals surface area contributed by atoms with E-state index in [9.17, 15) is 20.0 Å². The van der Waals surface area contributed by atoms with Crippen molar-refractivity contribution in [3.63, 3.8) is 0 Å². The molecule has 34 heavy (non-hydrogen) atoms. The minimum Gasteiger partial charge on any atom is -0.481 e. The van der Waals surface area contributed by atoms with Crippen LogP contribution in [-0.4, -0.2) is 23.1 Å². The van der Waals surface area contributed by atoms with Gasteiger partial charge in [-0.15, -0.1) is 0 Å². The summed E-state index contributed by atoms with van der Waals surface area (Å²) in [4.78, 5) is 24.3. The van der Waals surface area contributed by atoms with Crippen molar-refractivity contribution < 1.29 is 19.4 Å². The Morgan fingerprint density at radius 1 is 1.12 bits per heavy atom. The molecule has 0 aliphatic heterocycles. The number of allylic oxidation sites excluding steroid dienone is 3. The van der Waals surface area contributed by atoms with E-state index in [-0.39, 0.29) is 23.9 Å². The molecule has 0 amide bonds. The zero-order valence-electron chi connectivity index (χ0n) is 19.9. The summed E-state index contributed by atoms with van der Waals surface area (Å²) >= 11 is 0. The van der Waals surface area contributed by atoms with E-state index < -0.39 is 11.4 Å². The molecule has 0 radical (unpaired) electrons. The van der Waals surface area contributed by atoms with Crippen molar-refractivity contribution in [1.82, 2.24) is 0 Å². The Bertz CT molecular complexity index is 1100. The highest BCUT2D eigenvalue weighted by molar-refractivity contribution is 5.89. The van der Waals surface area contributed by atoms with Crippen LogP contribution in [0.1, 0.15) is 81.5 Å². The Morgan fingerprint density at radius 3 is 2.65 bits per heavy atom. The largest absolute Gasteiger partial charge is 0.481 e. The van der Waals surface area contributed by atoms with Gasteiger partial charge in [0.25, 0.3) is 0 Å². The fourth-order valence-corrected chi connectivity index (χ4v) is 7.82. The summed E-state index contributed by atoms with van der Waals surface area (Å²) in [6, 6.07) is 11.5. The van der Waals surface area contributed by atoms with Crippen LogP contribution >= 0.6 is 0 Å². The summed E-state index contributed by atoms with van der Waals surface area (Å²) in [5, 5.41) is 19.2. The molecule has 0 spiro atoms. The van der Waals surface area contributed by atoms with Crippen molar-refractivity contribution in [3.8, 4) is 6.07 Å². The van der Waals surface area contributed by atoms with Crippen LogP contribution < -0.4 is 0 Å². The topological polar surface area (TPSA) is 87.4 Å². The van der Waals surface area contributed by atoms with E-state index in [1.54, 1.807) is 17.7 Å². The van der Waals surface area contributed by atoms with Gasteiger partial charge in [0.05, 0.1) is 18.1 Å². The van der Waals surface area contributed by atoms with Crippen LogP contribution in [0.25, 0.3) is 0 Å². The minimum absolute atomic E-state index is 0.0977. The summed E-state index contributed by atoms with van der Waals surface area (Å²) < 4.78 is 5.81. The van der Waals surface area contributed by atoms with Crippen LogP contribution in [0, 0.1) is 34.0 Å². The Morgan fingerprint density at radius 2 is 1.91 bits per heavy atom. The van der Waals surface area contributed by atoms with Crippen LogP contribution in [0.4, 0.5) is 0 Å². The fourth-order valence-electron chi connectivity index (χ4n) is 7.82. The maximum Gasteiger partial charge on any atom is 0.338 e. The average Bonchev–Trinajstić information content (AvgIpc) is 3.11. The third-order valence-electron chi connectivity index (χ3n) is 9.55. The van der Waals surface area contributed by atoms with Crippen LogP contribution in [-0.2, 0) is 9.53 Å². The molecule has 0 aromatic heterocycles. The quantitative estimate of drug-likeness (QED) is 0.528. The lowest BCUT2D eigenvalue weighted by Crippen LogP contribution is -2.46. The Balaban J connectivity index is 1.37. The molecule has 0 bridgehead atoms. The molecule has 5 heteroatoms. The Hall–Kier alpha value is -2.87. The number of fused-ring (bicyclic) bond motifs is 4. The molecule has 5 rings (SSSR count). The van der Waals surface area contributed by atoms with Gasteiger partial charge in [-0.2, -0.15) is 5.26 Å². The van der Waals surface area contributed by atoms with Crippen molar-refractivity contribution in [2.24, 2.45) is 22.7 Å². The summed E-state index contributed by atoms with van der Waals surface area (Å²) in [5.41, 5.74) is 4.47. The predicted octanol–water partition coefficient (Wildman–Crippen LogP) is 6.22. The number of hydrogen-bond acceptors (Lipinski definition) is 4. The lowest BCUT2D eigenvalue weighted by molar-refractivity contribution is -0.143. The van der Waals surface area contributed by atoms with Gasteiger partial charge in [-0.25, -0.2) is 4.79 Å². The number of nitriles is 1. The lowest BCUT2D eigenvalue weighted by atomic mass is 9.51. The molecule has 2 saturated carbocycles. The van der Waals surface area contributed by atoms with Gasteiger partial charge >= 0.3 is 11.9 Å². The first-order valence-electron chi connectivity index (χ1n) is 12.6. The average molecular weight is 460 g/mol. The number of carboxylic acid groups (broad SMARTS) is 1. The third kappa shape index (κ3) is 3.68. The third-order valence-corrected chi connectivity index (χ3v) is 9.55. The van der Waals surface area contributed by atoms with E-state index in [1.165, 1.54) is 11.1 Å². The second-order valence-corrected chi connectivity index (χ2v) is 10.9. The second kappa shape index (κ2) is 8.73. The zero-order chi connectivity index (χ0) is 23.9. The molecule has 0 saturated heterocycles. The van der Waals surface area contributed by atoms with Gasteiger partial charge in [-0.1, -0.05) is 30.7 Å². The number of carboxylic acids is 1. The van der Waals surface area contributed by atoms with Crippen molar-refractivity contribution in [2.75, 3.05) is 0 Å². The van der Waals surface area contributed by atoms with Crippen molar-refractivity contribution >= 4 is 11.9 Å². The Kier molecular flexibility index (Phi) is 5.88. The smallest absolute Gasteiger partial charge is 0.338 e. The highest BCUT2D eigenvalue weighted by Gasteiger charge is 2.61. The molecule has 5 atom stereocenters. The number of ether oxygens (including phenoxy) is 1. The van der Waals surface area contributed by atoms with Crippen LogP contribution in [0.3, 0.4) is 0 Å². The maximum atomic E-state index is 12.5. The van der Waals surface area contributed by atoms with Gasteiger partial charge in [-0.05, 0) is 103 Å². The van der Waals surface area contributed by atoms with Crippen molar-refractivity contribution in [3.05, 3.63) is 58.7 Å². The van der Waals surface area contributed by atoms with Gasteiger partial charge < -0.3 is 9.84 Å². The predicted molar refractivity (Wildman–Crippen MR) is 128 cm³/mol. The Labute approximate surface area is 201 Å². The van der Waals surface area contributed by atoms with E-state index in [0.29, 0.717) is 23.8 Å². The number of esters is 1. The summed E-state index contributed by atoms with van der Waals surface area (Å²) in [5.74, 6) is -0.104. The number of rotatable bonds is 5. The number of carbonyl (C=O) groups excluding carboxylic acids is 1. The van der Waals surface area contributed by atoms with Crippen LogP contribution in [0.5, 0.6) is 0 Å². The minimum atomic E-state index is -0.779. The molecule has 4 aliphatic carbocycles. The molecular weight excluding hydrogens is 426 g/mol. The van der Waals surface area contributed by atoms with Crippen molar-refractivity contribution in [2.45, 2.75) is 77.2 Å². The molecule has 1 aromatic rings.